The fraction of sp³-hybridized carbons (Fsp3) is 0.250. The normalized spacial score (nSPS) is 17.4. The number of fused-ring (bicyclic) bond motifs is 1. The number of aromatic nitrogens is 1. The number of rotatable bonds is 3. The SMILES string of the molecule is O=C(c1ccc(F)cc1)C1CCCN(C(=O)c2nc3ccccc3s2)C1. The zero-order valence-corrected chi connectivity index (χ0v) is 14.8. The maximum atomic E-state index is 13.1. The molecule has 4 nitrogen and oxygen atoms in total. The maximum absolute atomic E-state index is 13.1. The van der Waals surface area contributed by atoms with Crippen molar-refractivity contribution >= 4 is 33.2 Å². The number of halogens is 1. The summed E-state index contributed by atoms with van der Waals surface area (Å²) in [5.41, 5.74) is 1.31. The molecule has 1 aliphatic heterocycles. The third-order valence-corrected chi connectivity index (χ3v) is 5.71. The van der Waals surface area contributed by atoms with E-state index in [0.29, 0.717) is 23.7 Å². The molecule has 0 aliphatic carbocycles. The Morgan fingerprint density at radius 3 is 2.65 bits per heavy atom. The molecule has 1 saturated heterocycles. The third kappa shape index (κ3) is 3.24. The van der Waals surface area contributed by atoms with Gasteiger partial charge in [-0.2, -0.15) is 0 Å². The van der Waals surface area contributed by atoms with Crippen LogP contribution in [-0.4, -0.2) is 34.7 Å². The minimum atomic E-state index is -0.363. The van der Waals surface area contributed by atoms with Gasteiger partial charge in [-0.1, -0.05) is 12.1 Å². The number of ketones is 1. The van der Waals surface area contributed by atoms with Crippen molar-refractivity contribution in [3.8, 4) is 0 Å². The molecule has 1 aromatic heterocycles. The number of benzene rings is 2. The minimum Gasteiger partial charge on any atom is -0.336 e. The Bertz CT molecular complexity index is 934. The van der Waals surface area contributed by atoms with E-state index in [9.17, 15) is 14.0 Å². The molecule has 1 unspecified atom stereocenters. The summed E-state index contributed by atoms with van der Waals surface area (Å²) in [6, 6.07) is 13.3. The van der Waals surface area contributed by atoms with E-state index in [-0.39, 0.29) is 23.4 Å². The van der Waals surface area contributed by atoms with Crippen LogP contribution in [0.2, 0.25) is 0 Å². The number of likely N-dealkylation sites (tertiary alicyclic amines) is 1. The van der Waals surface area contributed by atoms with Crippen LogP contribution in [0.5, 0.6) is 0 Å². The van der Waals surface area contributed by atoms with Gasteiger partial charge in [-0.25, -0.2) is 9.37 Å². The predicted octanol–water partition coefficient (Wildman–Crippen LogP) is 4.17. The fourth-order valence-corrected chi connectivity index (χ4v) is 4.26. The average Bonchev–Trinajstić information content (AvgIpc) is 3.12. The molecule has 1 aliphatic rings. The molecule has 2 heterocycles. The molecule has 132 valence electrons. The highest BCUT2D eigenvalue weighted by Gasteiger charge is 2.30. The Labute approximate surface area is 154 Å². The Kier molecular flexibility index (Phi) is 4.51. The van der Waals surface area contributed by atoms with E-state index >= 15 is 0 Å². The van der Waals surface area contributed by atoms with Gasteiger partial charge in [-0.15, -0.1) is 11.3 Å². The van der Waals surface area contributed by atoms with Crippen LogP contribution in [-0.2, 0) is 0 Å². The number of Topliss-reactive ketones (excluding diaryl/α,β-unsaturated/α-hetero) is 1. The molecule has 0 saturated carbocycles. The van der Waals surface area contributed by atoms with Gasteiger partial charge >= 0.3 is 0 Å². The zero-order chi connectivity index (χ0) is 18.1. The molecule has 4 rings (SSSR count). The topological polar surface area (TPSA) is 50.3 Å². The second kappa shape index (κ2) is 6.96. The lowest BCUT2D eigenvalue weighted by Crippen LogP contribution is -2.42. The van der Waals surface area contributed by atoms with Gasteiger partial charge in [0.25, 0.3) is 5.91 Å². The largest absolute Gasteiger partial charge is 0.336 e. The van der Waals surface area contributed by atoms with Gasteiger partial charge in [0.05, 0.1) is 10.2 Å². The lowest BCUT2D eigenvalue weighted by atomic mass is 9.90. The number of para-hydroxylation sites is 1. The van der Waals surface area contributed by atoms with Crippen LogP contribution in [0.3, 0.4) is 0 Å². The van der Waals surface area contributed by atoms with E-state index in [1.54, 1.807) is 4.90 Å². The highest BCUT2D eigenvalue weighted by Crippen LogP contribution is 2.26. The zero-order valence-electron chi connectivity index (χ0n) is 14.0. The molecule has 0 bridgehead atoms. The molecular weight excluding hydrogens is 351 g/mol. The van der Waals surface area contributed by atoms with Crippen LogP contribution in [0, 0.1) is 11.7 Å². The van der Waals surface area contributed by atoms with Gasteiger partial charge in [0.15, 0.2) is 10.8 Å². The summed E-state index contributed by atoms with van der Waals surface area (Å²) in [5.74, 6) is -0.778. The second-order valence-electron chi connectivity index (χ2n) is 6.45. The van der Waals surface area contributed by atoms with Crippen molar-refractivity contribution < 1.29 is 14.0 Å². The van der Waals surface area contributed by atoms with Gasteiger partial charge < -0.3 is 4.90 Å². The molecule has 0 radical (unpaired) electrons. The van der Waals surface area contributed by atoms with E-state index in [0.717, 1.165) is 23.1 Å². The molecule has 1 fully saturated rings. The van der Waals surface area contributed by atoms with Crippen LogP contribution in [0.4, 0.5) is 4.39 Å². The van der Waals surface area contributed by atoms with Crippen molar-refractivity contribution in [1.82, 2.24) is 9.88 Å². The van der Waals surface area contributed by atoms with Crippen LogP contribution in [0.1, 0.15) is 33.0 Å². The van der Waals surface area contributed by atoms with Crippen LogP contribution in [0.25, 0.3) is 10.2 Å². The summed E-state index contributed by atoms with van der Waals surface area (Å²) >= 11 is 1.38. The van der Waals surface area contributed by atoms with Crippen molar-refractivity contribution in [1.29, 1.82) is 0 Å². The summed E-state index contributed by atoms with van der Waals surface area (Å²) in [4.78, 5) is 31.7. The highest BCUT2D eigenvalue weighted by molar-refractivity contribution is 7.20. The van der Waals surface area contributed by atoms with Crippen molar-refractivity contribution in [3.63, 3.8) is 0 Å². The average molecular weight is 368 g/mol. The van der Waals surface area contributed by atoms with Crippen LogP contribution in [0.15, 0.2) is 48.5 Å². The molecule has 3 aromatic rings. The molecule has 2 aromatic carbocycles. The van der Waals surface area contributed by atoms with E-state index in [1.165, 1.54) is 35.6 Å². The number of hydrogen-bond acceptors (Lipinski definition) is 4. The van der Waals surface area contributed by atoms with Crippen molar-refractivity contribution in [2.75, 3.05) is 13.1 Å². The first kappa shape index (κ1) is 16.8. The summed E-state index contributed by atoms with van der Waals surface area (Å²) in [6.45, 7) is 1.01. The van der Waals surface area contributed by atoms with E-state index in [2.05, 4.69) is 4.98 Å². The van der Waals surface area contributed by atoms with Crippen molar-refractivity contribution in [2.24, 2.45) is 5.92 Å². The molecule has 0 spiro atoms. The third-order valence-electron chi connectivity index (χ3n) is 4.68. The molecule has 0 N–H and O–H groups in total. The molecule has 26 heavy (non-hydrogen) atoms. The van der Waals surface area contributed by atoms with E-state index in [4.69, 9.17) is 0 Å². The summed E-state index contributed by atoms with van der Waals surface area (Å²) in [6.07, 6.45) is 1.51. The van der Waals surface area contributed by atoms with Gasteiger partial charge in [-0.05, 0) is 49.2 Å². The van der Waals surface area contributed by atoms with Crippen molar-refractivity contribution in [2.45, 2.75) is 12.8 Å². The van der Waals surface area contributed by atoms with E-state index in [1.807, 2.05) is 24.3 Å². The number of hydrogen-bond donors (Lipinski definition) is 0. The fourth-order valence-electron chi connectivity index (χ4n) is 3.32. The Balaban J connectivity index is 1.51. The summed E-state index contributed by atoms with van der Waals surface area (Å²) in [7, 11) is 0. The summed E-state index contributed by atoms with van der Waals surface area (Å²) < 4.78 is 14.0. The smallest absolute Gasteiger partial charge is 0.282 e. The number of carbonyl (C=O) groups excluding carboxylic acids is 2. The van der Waals surface area contributed by atoms with Gasteiger partial charge in [0.1, 0.15) is 5.82 Å². The second-order valence-corrected chi connectivity index (χ2v) is 7.48. The molecule has 6 heteroatoms. The molecule has 1 amide bonds. The number of thiazole rings is 1. The first-order chi connectivity index (χ1) is 12.6. The Morgan fingerprint density at radius 1 is 1.12 bits per heavy atom. The quantitative estimate of drug-likeness (QED) is 0.652. The van der Waals surface area contributed by atoms with Crippen LogP contribution < -0.4 is 0 Å². The number of amides is 1. The van der Waals surface area contributed by atoms with Gasteiger partial charge in [0, 0.05) is 24.6 Å². The Hall–Kier alpha value is -2.60. The standard InChI is InChI=1S/C20H17FN2O2S/c21-15-9-7-13(8-10-15)18(24)14-4-3-11-23(12-14)20(25)19-22-16-5-1-2-6-17(16)26-19/h1-2,5-10,14H,3-4,11-12H2. The number of piperidine rings is 1. The van der Waals surface area contributed by atoms with E-state index < -0.39 is 0 Å². The number of nitrogens with zero attached hydrogens (tertiary/aromatic N) is 2. The molecule has 1 atom stereocenters. The summed E-state index contributed by atoms with van der Waals surface area (Å²) in [5, 5.41) is 0.459. The highest BCUT2D eigenvalue weighted by atomic mass is 32.1. The first-order valence-corrected chi connectivity index (χ1v) is 9.38. The molecular formula is C20H17FN2O2S. The number of carbonyl (C=O) groups is 2. The van der Waals surface area contributed by atoms with Gasteiger partial charge in [0.2, 0.25) is 0 Å². The van der Waals surface area contributed by atoms with Crippen molar-refractivity contribution in [3.05, 3.63) is 64.9 Å². The lowest BCUT2D eigenvalue weighted by molar-refractivity contribution is 0.0637. The van der Waals surface area contributed by atoms with Crippen LogP contribution >= 0.6 is 11.3 Å². The first-order valence-electron chi connectivity index (χ1n) is 8.56. The van der Waals surface area contributed by atoms with Gasteiger partial charge in [-0.3, -0.25) is 9.59 Å². The Morgan fingerprint density at radius 2 is 1.88 bits per heavy atom. The minimum absolute atomic E-state index is 0.0354. The predicted molar refractivity (Wildman–Crippen MR) is 99.0 cm³/mol. The monoisotopic (exact) mass is 368 g/mol. The lowest BCUT2D eigenvalue weighted by Gasteiger charge is -2.31. The maximum Gasteiger partial charge on any atom is 0.282 e.